The first kappa shape index (κ1) is 22.1. The number of nitrogens with zero attached hydrogens (tertiary/aromatic N) is 4. The number of halogens is 1. The Morgan fingerprint density at radius 3 is 2.60 bits per heavy atom. The third kappa shape index (κ3) is 4.93. The predicted molar refractivity (Wildman–Crippen MR) is 118 cm³/mol. The van der Waals surface area contributed by atoms with Crippen molar-refractivity contribution in [1.29, 1.82) is 0 Å². The molecule has 0 saturated carbocycles. The third-order valence-electron chi connectivity index (χ3n) is 4.30. The summed E-state index contributed by atoms with van der Waals surface area (Å²) < 4.78 is 13.6. The first-order chi connectivity index (χ1) is 14.4. The number of aryl methyl sites for hydroxylation is 1. The average Bonchev–Trinajstić information content (AvgIpc) is 3.08. The van der Waals surface area contributed by atoms with Crippen molar-refractivity contribution in [3.05, 3.63) is 68.4 Å². The van der Waals surface area contributed by atoms with Gasteiger partial charge in [-0.1, -0.05) is 45.9 Å². The second-order valence-corrected chi connectivity index (χ2v) is 8.30. The molecule has 30 heavy (non-hydrogen) atoms. The summed E-state index contributed by atoms with van der Waals surface area (Å²) in [6.45, 7) is 3.92. The summed E-state index contributed by atoms with van der Waals surface area (Å²) in [6, 6.07) is 13.2. The standard InChI is InChI=1S/C20H21BrN4O4S/c1-4-29-18-11-16(21)15(10-17(18)28-3)19(12-24(26)27)30-20-23-22-13(2)25(20)14-8-6-5-7-9-14/h5-11,19H,4,12H2,1-3H3/t19-/m0/s1. The summed E-state index contributed by atoms with van der Waals surface area (Å²) in [5.74, 6) is 1.79. The van der Waals surface area contributed by atoms with Crippen LogP contribution in [0.1, 0.15) is 23.6 Å². The van der Waals surface area contributed by atoms with Crippen LogP contribution in [0.15, 0.2) is 52.1 Å². The first-order valence-corrected chi connectivity index (χ1v) is 10.9. The topological polar surface area (TPSA) is 92.3 Å². The minimum absolute atomic E-state index is 0.291. The predicted octanol–water partition coefficient (Wildman–Crippen LogP) is 4.86. The first-order valence-electron chi connectivity index (χ1n) is 9.20. The van der Waals surface area contributed by atoms with Gasteiger partial charge in [0.1, 0.15) is 11.1 Å². The van der Waals surface area contributed by atoms with Gasteiger partial charge in [0, 0.05) is 15.1 Å². The molecule has 1 atom stereocenters. The maximum Gasteiger partial charge on any atom is 0.220 e. The van der Waals surface area contributed by atoms with Crippen molar-refractivity contribution in [2.75, 3.05) is 20.3 Å². The Morgan fingerprint density at radius 1 is 1.23 bits per heavy atom. The van der Waals surface area contributed by atoms with E-state index in [4.69, 9.17) is 9.47 Å². The highest BCUT2D eigenvalue weighted by Crippen LogP contribution is 2.43. The van der Waals surface area contributed by atoms with Gasteiger partial charge in [-0.25, -0.2) is 0 Å². The number of ether oxygens (including phenoxy) is 2. The number of hydrogen-bond acceptors (Lipinski definition) is 7. The Balaban J connectivity index is 2.03. The number of thioether (sulfide) groups is 1. The van der Waals surface area contributed by atoms with Gasteiger partial charge in [-0.05, 0) is 43.7 Å². The molecule has 158 valence electrons. The van der Waals surface area contributed by atoms with Crippen molar-refractivity contribution in [2.45, 2.75) is 24.3 Å². The summed E-state index contributed by atoms with van der Waals surface area (Å²) in [5, 5.41) is 19.9. The van der Waals surface area contributed by atoms with Crippen LogP contribution in [0.2, 0.25) is 0 Å². The molecule has 1 heterocycles. The summed E-state index contributed by atoms with van der Waals surface area (Å²) in [6.07, 6.45) is 0. The van der Waals surface area contributed by atoms with Crippen molar-refractivity contribution in [1.82, 2.24) is 14.8 Å². The molecule has 1 aromatic heterocycles. The molecule has 0 saturated heterocycles. The molecule has 0 spiro atoms. The van der Waals surface area contributed by atoms with E-state index in [9.17, 15) is 10.1 Å². The van der Waals surface area contributed by atoms with Crippen molar-refractivity contribution >= 4 is 27.7 Å². The molecule has 0 aliphatic rings. The van der Waals surface area contributed by atoms with Crippen LogP contribution < -0.4 is 9.47 Å². The lowest BCUT2D eigenvalue weighted by Crippen LogP contribution is -2.12. The summed E-state index contributed by atoms with van der Waals surface area (Å²) in [7, 11) is 1.54. The zero-order chi connectivity index (χ0) is 21.7. The van der Waals surface area contributed by atoms with Crippen LogP contribution in [-0.2, 0) is 0 Å². The molecule has 10 heteroatoms. The molecule has 8 nitrogen and oxygen atoms in total. The van der Waals surface area contributed by atoms with Gasteiger partial charge in [0.05, 0.1) is 13.7 Å². The molecule has 0 bridgehead atoms. The van der Waals surface area contributed by atoms with Crippen LogP contribution in [0.5, 0.6) is 11.5 Å². The Morgan fingerprint density at radius 2 is 1.97 bits per heavy atom. The molecule has 0 unspecified atom stereocenters. The largest absolute Gasteiger partial charge is 0.493 e. The lowest BCUT2D eigenvalue weighted by atomic mass is 10.1. The summed E-state index contributed by atoms with van der Waals surface area (Å²) in [4.78, 5) is 11.1. The quantitative estimate of drug-likeness (QED) is 0.239. The van der Waals surface area contributed by atoms with E-state index in [2.05, 4.69) is 26.1 Å². The van der Waals surface area contributed by atoms with E-state index >= 15 is 0 Å². The van der Waals surface area contributed by atoms with Gasteiger partial charge in [-0.15, -0.1) is 10.2 Å². The van der Waals surface area contributed by atoms with E-state index in [1.54, 1.807) is 19.2 Å². The van der Waals surface area contributed by atoms with Gasteiger partial charge in [0.15, 0.2) is 16.7 Å². The molecule has 0 radical (unpaired) electrons. The van der Waals surface area contributed by atoms with E-state index in [1.165, 1.54) is 11.8 Å². The van der Waals surface area contributed by atoms with E-state index in [1.807, 2.05) is 48.7 Å². The van der Waals surface area contributed by atoms with E-state index in [-0.39, 0.29) is 11.5 Å². The van der Waals surface area contributed by atoms with Crippen LogP contribution in [0.4, 0.5) is 0 Å². The molecular weight excluding hydrogens is 472 g/mol. The van der Waals surface area contributed by atoms with E-state index in [0.29, 0.717) is 33.6 Å². The van der Waals surface area contributed by atoms with Crippen LogP contribution in [-0.4, -0.2) is 39.9 Å². The Kier molecular flexibility index (Phi) is 7.33. The lowest BCUT2D eigenvalue weighted by molar-refractivity contribution is -0.479. The minimum Gasteiger partial charge on any atom is -0.493 e. The fraction of sp³-hybridized carbons (Fsp3) is 0.300. The van der Waals surface area contributed by atoms with Crippen molar-refractivity contribution in [3.8, 4) is 17.2 Å². The number of benzene rings is 2. The summed E-state index contributed by atoms with van der Waals surface area (Å²) >= 11 is 4.83. The third-order valence-corrected chi connectivity index (χ3v) is 6.15. The van der Waals surface area contributed by atoms with Crippen molar-refractivity contribution in [2.24, 2.45) is 0 Å². The van der Waals surface area contributed by atoms with Crippen LogP contribution in [0.25, 0.3) is 5.69 Å². The average molecular weight is 493 g/mol. The Labute approximate surface area is 186 Å². The highest BCUT2D eigenvalue weighted by atomic mass is 79.9. The number of para-hydroxylation sites is 1. The SMILES string of the molecule is CCOc1cc(Br)c([C@H](C[N+](=O)[O-])Sc2nnc(C)n2-c2ccccc2)cc1OC. The van der Waals surface area contributed by atoms with E-state index < -0.39 is 5.25 Å². The van der Waals surface area contributed by atoms with Gasteiger partial charge in [0.2, 0.25) is 6.54 Å². The van der Waals surface area contributed by atoms with Gasteiger partial charge in [0.25, 0.3) is 0 Å². The molecule has 2 aromatic carbocycles. The van der Waals surface area contributed by atoms with Gasteiger partial charge in [-0.2, -0.15) is 0 Å². The fourth-order valence-corrected chi connectivity index (χ4v) is 4.93. The second kappa shape index (κ2) is 9.94. The number of aromatic nitrogens is 3. The molecule has 0 fully saturated rings. The zero-order valence-electron chi connectivity index (χ0n) is 16.7. The fourth-order valence-electron chi connectivity index (χ4n) is 2.98. The smallest absolute Gasteiger partial charge is 0.220 e. The molecule has 0 aliphatic carbocycles. The molecular formula is C20H21BrN4O4S. The maximum atomic E-state index is 11.4. The van der Waals surface area contributed by atoms with Crippen LogP contribution in [0.3, 0.4) is 0 Å². The monoisotopic (exact) mass is 492 g/mol. The lowest BCUT2D eigenvalue weighted by Gasteiger charge is -2.18. The Hall–Kier alpha value is -2.59. The van der Waals surface area contributed by atoms with Crippen molar-refractivity contribution in [3.63, 3.8) is 0 Å². The zero-order valence-corrected chi connectivity index (χ0v) is 19.1. The molecule has 3 rings (SSSR count). The highest BCUT2D eigenvalue weighted by molar-refractivity contribution is 9.10. The number of nitro groups is 1. The summed E-state index contributed by atoms with van der Waals surface area (Å²) in [5.41, 5.74) is 1.61. The highest BCUT2D eigenvalue weighted by Gasteiger charge is 2.27. The number of methoxy groups -OCH3 is 1. The number of rotatable bonds is 9. The molecule has 0 N–H and O–H groups in total. The minimum atomic E-state index is -0.523. The van der Waals surface area contributed by atoms with Gasteiger partial charge in [-0.3, -0.25) is 14.7 Å². The molecule has 3 aromatic rings. The van der Waals surface area contributed by atoms with Crippen molar-refractivity contribution < 1.29 is 14.4 Å². The normalized spacial score (nSPS) is 11.9. The Bertz CT molecular complexity index is 1030. The van der Waals surface area contributed by atoms with Gasteiger partial charge >= 0.3 is 0 Å². The molecule has 0 amide bonds. The number of hydrogen-bond donors (Lipinski definition) is 0. The van der Waals surface area contributed by atoms with Crippen LogP contribution >= 0.6 is 27.7 Å². The molecule has 0 aliphatic heterocycles. The van der Waals surface area contributed by atoms with E-state index in [0.717, 1.165) is 11.3 Å². The van der Waals surface area contributed by atoms with Crippen LogP contribution in [0, 0.1) is 17.0 Å². The second-order valence-electron chi connectivity index (χ2n) is 6.28. The van der Waals surface area contributed by atoms with Gasteiger partial charge < -0.3 is 9.47 Å². The maximum absolute atomic E-state index is 11.4.